The lowest BCUT2D eigenvalue weighted by molar-refractivity contribution is -0.118. The second-order valence-corrected chi connectivity index (χ2v) is 7.51. The van der Waals surface area contributed by atoms with Crippen molar-refractivity contribution >= 4 is 27.5 Å². The van der Waals surface area contributed by atoms with Crippen molar-refractivity contribution in [3.05, 3.63) is 75.6 Å². The van der Waals surface area contributed by atoms with Crippen molar-refractivity contribution in [1.82, 2.24) is 4.90 Å². The van der Waals surface area contributed by atoms with Crippen molar-refractivity contribution in [1.29, 1.82) is 0 Å². The van der Waals surface area contributed by atoms with Gasteiger partial charge in [-0.1, -0.05) is 6.07 Å². The average molecular weight is 487 g/mol. The van der Waals surface area contributed by atoms with Gasteiger partial charge >= 0.3 is 0 Å². The lowest BCUT2D eigenvalue weighted by Crippen LogP contribution is -2.55. The summed E-state index contributed by atoms with van der Waals surface area (Å²) < 4.78 is 66.7. The fraction of sp³-hybridized carbons (Fsp3) is 0.250. The van der Waals surface area contributed by atoms with Crippen LogP contribution in [0.5, 0.6) is 0 Å². The molecule has 2 unspecified atom stereocenters. The van der Waals surface area contributed by atoms with Crippen molar-refractivity contribution in [2.45, 2.75) is 25.9 Å². The third-order valence-electron chi connectivity index (χ3n) is 4.79. The minimum atomic E-state index is -0.898. The van der Waals surface area contributed by atoms with Gasteiger partial charge in [0, 0.05) is 11.6 Å². The highest BCUT2D eigenvalue weighted by Gasteiger charge is 2.47. The highest BCUT2D eigenvalue weighted by molar-refractivity contribution is 9.12. The summed E-state index contributed by atoms with van der Waals surface area (Å²) in [5.74, 6) is -4.03. The molecule has 2 atom stereocenters. The molecule has 0 spiro atoms. The summed E-state index contributed by atoms with van der Waals surface area (Å²) in [6.07, 6.45) is -1.36. The summed E-state index contributed by atoms with van der Waals surface area (Å²) in [6.45, 7) is 1.57. The Balaban J connectivity index is 1.70. The first kappa shape index (κ1) is 20.7. The molecule has 0 aliphatic carbocycles. The maximum absolute atomic E-state index is 14.4. The van der Waals surface area contributed by atoms with Gasteiger partial charge in [0.05, 0.1) is 6.61 Å². The Morgan fingerprint density at radius 2 is 1.80 bits per heavy atom. The molecular weight excluding hydrogens is 472 g/mol. The van der Waals surface area contributed by atoms with Gasteiger partial charge in [-0.25, -0.2) is 17.6 Å². The quantitative estimate of drug-likeness (QED) is 0.464. The standard InChI is InChI=1S/C20H15BrF4N2O3/c1-10-26(16-9-29-16)20(30-8-11-5-6-12(22)7-15(11)25)17(21)19(28)27(10)18-13(23)3-2-4-14(18)24/h2-7,10,16H,8-9H2,1H3. The van der Waals surface area contributed by atoms with E-state index >= 15 is 0 Å². The molecule has 1 saturated heterocycles. The van der Waals surface area contributed by atoms with Crippen LogP contribution in [-0.2, 0) is 20.9 Å². The minimum Gasteiger partial charge on any atom is -0.473 e. The Bertz CT molecular complexity index is 1020. The number of hydrogen-bond donors (Lipinski definition) is 0. The van der Waals surface area contributed by atoms with Crippen molar-refractivity contribution in [2.75, 3.05) is 11.5 Å². The molecular formula is C20H15BrF4N2O3. The normalized spacial score (nSPS) is 21.3. The Hall–Kier alpha value is -2.59. The van der Waals surface area contributed by atoms with E-state index in [1.807, 2.05) is 0 Å². The Kier molecular flexibility index (Phi) is 5.46. The number of nitrogens with zero attached hydrogens (tertiary/aromatic N) is 2. The van der Waals surface area contributed by atoms with Crippen molar-refractivity contribution in [3.63, 3.8) is 0 Å². The number of hydrogen-bond acceptors (Lipinski definition) is 4. The van der Waals surface area contributed by atoms with Crippen LogP contribution in [0.2, 0.25) is 0 Å². The Morgan fingerprint density at radius 1 is 1.13 bits per heavy atom. The highest BCUT2D eigenvalue weighted by Crippen LogP contribution is 2.39. The number of carbonyl (C=O) groups excluding carboxylic acids is 1. The number of ether oxygens (including phenoxy) is 2. The van der Waals surface area contributed by atoms with Crippen LogP contribution in [0.4, 0.5) is 23.2 Å². The first-order valence-corrected chi connectivity index (χ1v) is 9.73. The van der Waals surface area contributed by atoms with Gasteiger partial charge in [-0.05, 0) is 47.1 Å². The number of halogens is 5. The summed E-state index contributed by atoms with van der Waals surface area (Å²) in [7, 11) is 0. The molecule has 0 aromatic heterocycles. The van der Waals surface area contributed by atoms with Crippen LogP contribution in [0.1, 0.15) is 12.5 Å². The largest absolute Gasteiger partial charge is 0.473 e. The lowest BCUT2D eigenvalue weighted by Gasteiger charge is -2.42. The van der Waals surface area contributed by atoms with Gasteiger partial charge in [-0.15, -0.1) is 0 Å². The first-order chi connectivity index (χ1) is 14.3. The number of amides is 1. The maximum atomic E-state index is 14.4. The second kappa shape index (κ2) is 7.92. The van der Waals surface area contributed by atoms with Crippen molar-refractivity contribution in [2.24, 2.45) is 0 Å². The Morgan fingerprint density at radius 3 is 2.40 bits per heavy atom. The summed E-state index contributed by atoms with van der Waals surface area (Å²) in [5.41, 5.74) is -0.426. The molecule has 10 heteroatoms. The number of para-hydroxylation sites is 1. The van der Waals surface area contributed by atoms with Gasteiger partial charge in [0.15, 0.2) is 6.23 Å². The molecule has 158 valence electrons. The van der Waals surface area contributed by atoms with E-state index in [4.69, 9.17) is 9.47 Å². The zero-order valence-electron chi connectivity index (χ0n) is 15.5. The molecule has 1 amide bonds. The number of carbonyl (C=O) groups is 1. The van der Waals surface area contributed by atoms with Gasteiger partial charge in [-0.3, -0.25) is 14.6 Å². The predicted octanol–water partition coefficient (Wildman–Crippen LogP) is 4.37. The van der Waals surface area contributed by atoms with E-state index in [0.717, 1.165) is 29.2 Å². The van der Waals surface area contributed by atoms with Crippen LogP contribution in [0, 0.1) is 23.3 Å². The molecule has 5 nitrogen and oxygen atoms in total. The van der Waals surface area contributed by atoms with Crippen LogP contribution < -0.4 is 4.90 Å². The van der Waals surface area contributed by atoms with E-state index in [-0.39, 0.29) is 22.5 Å². The summed E-state index contributed by atoms with van der Waals surface area (Å²) >= 11 is 3.14. The molecule has 2 aliphatic heterocycles. The van der Waals surface area contributed by atoms with Gasteiger partial charge in [0.25, 0.3) is 5.91 Å². The van der Waals surface area contributed by atoms with Crippen molar-refractivity contribution < 1.29 is 31.8 Å². The zero-order chi connectivity index (χ0) is 21.6. The number of anilines is 1. The van der Waals surface area contributed by atoms with Gasteiger partial charge in [-0.2, -0.15) is 0 Å². The van der Waals surface area contributed by atoms with Crippen LogP contribution in [0.3, 0.4) is 0 Å². The highest BCUT2D eigenvalue weighted by atomic mass is 79.9. The minimum absolute atomic E-state index is 0.0340. The van der Waals surface area contributed by atoms with Crippen molar-refractivity contribution in [3.8, 4) is 0 Å². The third kappa shape index (κ3) is 3.65. The van der Waals surface area contributed by atoms with Crippen LogP contribution in [0.15, 0.2) is 46.8 Å². The fourth-order valence-electron chi connectivity index (χ4n) is 3.28. The van der Waals surface area contributed by atoms with E-state index < -0.39 is 47.3 Å². The van der Waals surface area contributed by atoms with Gasteiger partial charge < -0.3 is 9.47 Å². The molecule has 0 saturated carbocycles. The van der Waals surface area contributed by atoms with E-state index in [1.54, 1.807) is 6.92 Å². The van der Waals surface area contributed by atoms with E-state index in [1.165, 1.54) is 17.0 Å². The molecule has 0 N–H and O–H groups in total. The smallest absolute Gasteiger partial charge is 0.272 e. The summed E-state index contributed by atoms with van der Waals surface area (Å²) in [5, 5.41) is 0. The molecule has 2 heterocycles. The molecule has 30 heavy (non-hydrogen) atoms. The number of rotatable bonds is 5. The van der Waals surface area contributed by atoms with E-state index in [2.05, 4.69) is 15.9 Å². The fourth-order valence-corrected chi connectivity index (χ4v) is 3.79. The molecule has 2 aromatic rings. The van der Waals surface area contributed by atoms with E-state index in [0.29, 0.717) is 6.61 Å². The monoisotopic (exact) mass is 486 g/mol. The van der Waals surface area contributed by atoms with E-state index in [9.17, 15) is 22.4 Å². The number of benzene rings is 2. The van der Waals surface area contributed by atoms with Crippen LogP contribution >= 0.6 is 15.9 Å². The zero-order valence-corrected chi connectivity index (χ0v) is 17.1. The van der Waals surface area contributed by atoms with Crippen LogP contribution in [0.25, 0.3) is 0 Å². The lowest BCUT2D eigenvalue weighted by atomic mass is 10.2. The van der Waals surface area contributed by atoms with Crippen LogP contribution in [-0.4, -0.2) is 29.8 Å². The number of epoxide rings is 1. The van der Waals surface area contributed by atoms with Gasteiger partial charge in [0.1, 0.15) is 46.2 Å². The molecule has 2 aromatic carbocycles. The topological polar surface area (TPSA) is 45.3 Å². The molecule has 0 radical (unpaired) electrons. The predicted molar refractivity (Wildman–Crippen MR) is 102 cm³/mol. The molecule has 0 bridgehead atoms. The molecule has 2 aliphatic rings. The molecule has 4 rings (SSSR count). The Labute approximate surface area is 177 Å². The second-order valence-electron chi connectivity index (χ2n) is 6.72. The maximum Gasteiger partial charge on any atom is 0.272 e. The summed E-state index contributed by atoms with van der Waals surface area (Å²) in [4.78, 5) is 15.5. The molecule has 1 fully saturated rings. The van der Waals surface area contributed by atoms with Gasteiger partial charge in [0.2, 0.25) is 5.88 Å². The SMILES string of the molecule is CC1N(c2c(F)cccc2F)C(=O)C(Br)=C(OCc2ccc(F)cc2F)N1C1CO1. The first-order valence-electron chi connectivity index (χ1n) is 8.93. The summed E-state index contributed by atoms with van der Waals surface area (Å²) in [6, 6.07) is 6.35. The third-order valence-corrected chi connectivity index (χ3v) is 5.47. The average Bonchev–Trinajstić information content (AvgIpc) is 3.52.